The van der Waals surface area contributed by atoms with Gasteiger partial charge in [0.05, 0.1) is 42.2 Å². The Morgan fingerprint density at radius 1 is 1.18 bits per heavy atom. The smallest absolute Gasteiger partial charge is 0.332 e. The van der Waals surface area contributed by atoms with Gasteiger partial charge in [0.2, 0.25) is 11.8 Å². The zero-order valence-corrected chi connectivity index (χ0v) is 23.9. The predicted octanol–water partition coefficient (Wildman–Crippen LogP) is 4.60. The van der Waals surface area contributed by atoms with Gasteiger partial charge in [-0.2, -0.15) is 0 Å². The summed E-state index contributed by atoms with van der Waals surface area (Å²) in [7, 11) is 1.55. The summed E-state index contributed by atoms with van der Waals surface area (Å²) >= 11 is 0. The maximum Gasteiger partial charge on any atom is 0.332 e. The number of pyridine rings is 3. The van der Waals surface area contributed by atoms with Crippen molar-refractivity contribution < 1.29 is 23.4 Å². The highest BCUT2D eigenvalue weighted by molar-refractivity contribution is 5.85. The van der Waals surface area contributed by atoms with Crippen LogP contribution in [0.2, 0.25) is 0 Å². The van der Waals surface area contributed by atoms with Crippen LogP contribution in [-0.4, -0.2) is 52.3 Å². The van der Waals surface area contributed by atoms with E-state index in [-0.39, 0.29) is 41.9 Å². The van der Waals surface area contributed by atoms with E-state index in [1.807, 2.05) is 13.0 Å². The van der Waals surface area contributed by atoms with Crippen LogP contribution in [0.5, 0.6) is 11.8 Å². The van der Waals surface area contributed by atoms with Gasteiger partial charge >= 0.3 is 5.97 Å². The highest BCUT2D eigenvalue weighted by Crippen LogP contribution is 2.46. The number of carbonyl (C=O) groups excluding carboxylic acids is 1. The van der Waals surface area contributed by atoms with Gasteiger partial charge in [-0.1, -0.05) is 6.92 Å². The van der Waals surface area contributed by atoms with Crippen LogP contribution in [0.25, 0.3) is 11.0 Å². The minimum atomic E-state index is -0.345. The summed E-state index contributed by atoms with van der Waals surface area (Å²) in [6, 6.07) is 3.55. The van der Waals surface area contributed by atoms with Crippen molar-refractivity contribution in [3.8, 4) is 11.8 Å². The second kappa shape index (κ2) is 11.1. The molecule has 2 N–H and O–H groups in total. The quantitative estimate of drug-likeness (QED) is 0.375. The number of methoxy groups -OCH3 is 1. The fraction of sp³-hybridized carbons (Fsp3) is 0.517. The van der Waals surface area contributed by atoms with Crippen molar-refractivity contribution in [1.82, 2.24) is 20.3 Å². The predicted molar refractivity (Wildman–Crippen MR) is 151 cm³/mol. The van der Waals surface area contributed by atoms with Crippen LogP contribution in [0.15, 0.2) is 18.3 Å². The Balaban J connectivity index is 0.00000323. The highest BCUT2D eigenvalue weighted by atomic mass is 35.5. The van der Waals surface area contributed by atoms with Gasteiger partial charge in [0.25, 0.3) is 0 Å². The van der Waals surface area contributed by atoms with E-state index in [2.05, 4.69) is 27.5 Å². The Labute approximate surface area is 239 Å². The molecule has 1 aliphatic carbocycles. The SMILES string of the molecule is CCc1c(CNC23CCC(CCc4c(F)cnc5ccc(OC)nc45)(CC2)OC3)nc2c(c1C)NCC(=O)O2.Cl. The summed E-state index contributed by atoms with van der Waals surface area (Å²) in [5.41, 5.74) is 5.34. The molecule has 7 rings (SSSR count). The number of carbonyl (C=O) groups is 1. The Bertz CT molecular complexity index is 1430. The third kappa shape index (κ3) is 5.08. The first kappa shape index (κ1) is 28.4. The number of esters is 1. The zero-order valence-electron chi connectivity index (χ0n) is 23.1. The molecule has 9 nitrogen and oxygen atoms in total. The lowest BCUT2D eigenvalue weighted by Crippen LogP contribution is -2.61. The van der Waals surface area contributed by atoms with Crippen LogP contribution in [0.1, 0.15) is 61.4 Å². The summed E-state index contributed by atoms with van der Waals surface area (Å²) in [6.07, 6.45) is 7.12. The summed E-state index contributed by atoms with van der Waals surface area (Å²) in [4.78, 5) is 25.2. The molecule has 6 heterocycles. The summed E-state index contributed by atoms with van der Waals surface area (Å²) in [5, 5.41) is 6.90. The van der Waals surface area contributed by atoms with Crippen molar-refractivity contribution in [3.05, 3.63) is 46.5 Å². The van der Waals surface area contributed by atoms with Crippen LogP contribution in [0, 0.1) is 12.7 Å². The molecule has 4 aliphatic rings. The maximum atomic E-state index is 14.9. The first-order valence-corrected chi connectivity index (χ1v) is 13.7. The second-order valence-electron chi connectivity index (χ2n) is 10.9. The molecule has 0 unspecified atom stereocenters. The van der Waals surface area contributed by atoms with Gasteiger partial charge in [-0.25, -0.2) is 19.2 Å². The second-order valence-corrected chi connectivity index (χ2v) is 10.9. The minimum Gasteiger partial charge on any atom is -0.481 e. The van der Waals surface area contributed by atoms with Crippen molar-refractivity contribution in [2.24, 2.45) is 0 Å². The topological polar surface area (TPSA) is 107 Å². The fourth-order valence-corrected chi connectivity index (χ4v) is 6.34. The summed E-state index contributed by atoms with van der Waals surface area (Å²) in [5.74, 6) is 0.138. The zero-order chi connectivity index (χ0) is 27.2. The monoisotopic (exact) mass is 571 g/mol. The molecule has 0 amide bonds. The molecule has 3 aliphatic heterocycles. The Morgan fingerprint density at radius 2 is 1.98 bits per heavy atom. The van der Waals surface area contributed by atoms with E-state index in [0.29, 0.717) is 47.9 Å². The van der Waals surface area contributed by atoms with E-state index in [4.69, 9.17) is 19.2 Å². The normalized spacial score (nSPS) is 23.2. The molecule has 1 saturated carbocycles. The van der Waals surface area contributed by atoms with E-state index in [0.717, 1.165) is 55.5 Å². The number of nitrogens with one attached hydrogen (secondary N) is 2. The van der Waals surface area contributed by atoms with E-state index >= 15 is 0 Å². The van der Waals surface area contributed by atoms with Gasteiger partial charge in [-0.15, -0.1) is 12.4 Å². The fourth-order valence-electron chi connectivity index (χ4n) is 6.34. The molecule has 0 atom stereocenters. The average molecular weight is 572 g/mol. The molecule has 3 aromatic heterocycles. The first-order valence-electron chi connectivity index (χ1n) is 13.7. The molecule has 3 fully saturated rings. The molecule has 40 heavy (non-hydrogen) atoms. The lowest BCUT2D eigenvalue weighted by Gasteiger charge is -2.53. The number of hydrogen-bond acceptors (Lipinski definition) is 9. The number of aromatic nitrogens is 3. The van der Waals surface area contributed by atoms with E-state index in [9.17, 15) is 9.18 Å². The van der Waals surface area contributed by atoms with E-state index in [1.54, 1.807) is 13.2 Å². The molecule has 214 valence electrons. The number of ether oxygens (including phenoxy) is 3. The largest absolute Gasteiger partial charge is 0.481 e. The van der Waals surface area contributed by atoms with Crippen LogP contribution in [0.4, 0.5) is 10.1 Å². The van der Waals surface area contributed by atoms with Crippen LogP contribution < -0.4 is 20.1 Å². The van der Waals surface area contributed by atoms with E-state index < -0.39 is 0 Å². The van der Waals surface area contributed by atoms with Crippen LogP contribution in [0.3, 0.4) is 0 Å². The lowest BCUT2D eigenvalue weighted by molar-refractivity contribution is -0.165. The van der Waals surface area contributed by atoms with Crippen molar-refractivity contribution in [2.75, 3.05) is 25.6 Å². The standard InChI is InChI=1S/C29H34FN5O4.ClH/c1-4-18-17(2)25-27(39-24(36)15-32-25)34-22(18)14-33-28-9-11-29(12-10-28,38-16-28)8-7-19-20(30)13-31-21-5-6-23(37-3)35-26(19)21;/h5-6,13,32-33H,4,7-12,14-16H2,1-3H3;1H. The van der Waals surface area contributed by atoms with Gasteiger partial charge < -0.3 is 24.8 Å². The molecule has 0 radical (unpaired) electrons. The highest BCUT2D eigenvalue weighted by Gasteiger charge is 2.49. The Kier molecular flexibility index (Phi) is 7.87. The third-order valence-corrected chi connectivity index (χ3v) is 8.78. The number of fused-ring (bicyclic) bond motifs is 5. The lowest BCUT2D eigenvalue weighted by atomic mass is 9.69. The maximum absolute atomic E-state index is 14.9. The molecular weight excluding hydrogens is 537 g/mol. The summed E-state index contributed by atoms with van der Waals surface area (Å²) in [6.45, 7) is 5.50. The Hall–Kier alpha value is -3.08. The van der Waals surface area contributed by atoms with Gasteiger partial charge in [0, 0.05) is 23.7 Å². The number of hydrogen-bond donors (Lipinski definition) is 2. The molecular formula is C29H35ClFN5O4. The van der Waals surface area contributed by atoms with Crippen LogP contribution in [-0.2, 0) is 28.9 Å². The molecule has 0 spiro atoms. The van der Waals surface area contributed by atoms with Gasteiger partial charge in [-0.3, -0.25) is 4.98 Å². The van der Waals surface area contributed by atoms with Crippen molar-refractivity contribution >= 4 is 35.1 Å². The Morgan fingerprint density at radius 3 is 2.67 bits per heavy atom. The number of rotatable bonds is 8. The van der Waals surface area contributed by atoms with Crippen molar-refractivity contribution in [3.63, 3.8) is 0 Å². The number of anilines is 1. The number of halogens is 2. The third-order valence-electron chi connectivity index (χ3n) is 8.78. The first-order chi connectivity index (χ1) is 18.8. The van der Waals surface area contributed by atoms with Gasteiger partial charge in [-0.05, 0) is 69.1 Å². The van der Waals surface area contributed by atoms with Crippen LogP contribution >= 0.6 is 12.4 Å². The van der Waals surface area contributed by atoms with Gasteiger partial charge in [0.1, 0.15) is 18.0 Å². The number of aryl methyl sites for hydroxylation is 1. The molecule has 0 aromatic carbocycles. The number of nitrogens with zero attached hydrogens (tertiary/aromatic N) is 3. The van der Waals surface area contributed by atoms with Crippen molar-refractivity contribution in [2.45, 2.75) is 76.5 Å². The van der Waals surface area contributed by atoms with Crippen molar-refractivity contribution in [1.29, 1.82) is 0 Å². The van der Waals surface area contributed by atoms with E-state index in [1.165, 1.54) is 11.8 Å². The molecule has 2 bridgehead atoms. The molecule has 3 aromatic rings. The molecule has 2 saturated heterocycles. The average Bonchev–Trinajstić information content (AvgIpc) is 2.96. The summed E-state index contributed by atoms with van der Waals surface area (Å²) < 4.78 is 32.0. The van der Waals surface area contributed by atoms with Gasteiger partial charge in [0.15, 0.2) is 0 Å². The molecule has 11 heteroatoms. The minimum absolute atomic E-state index is 0.